The molecule has 140 valence electrons. The van der Waals surface area contributed by atoms with Gasteiger partial charge in [-0.3, -0.25) is 4.79 Å². The molecule has 4 heteroatoms. The number of ether oxygens (including phenoxy) is 2. The van der Waals surface area contributed by atoms with Gasteiger partial charge < -0.3 is 14.8 Å². The van der Waals surface area contributed by atoms with Crippen molar-refractivity contribution in [2.45, 2.75) is 60.0 Å². The van der Waals surface area contributed by atoms with Crippen molar-refractivity contribution < 1.29 is 14.3 Å². The predicted molar refractivity (Wildman–Crippen MR) is 103 cm³/mol. The van der Waals surface area contributed by atoms with Crippen molar-refractivity contribution in [3.63, 3.8) is 0 Å². The number of allylic oxidation sites excluding steroid dienone is 3. The molecule has 1 aliphatic carbocycles. The molecule has 3 rings (SSSR count). The van der Waals surface area contributed by atoms with Crippen molar-refractivity contribution in [2.75, 3.05) is 6.61 Å². The van der Waals surface area contributed by atoms with Crippen molar-refractivity contribution in [2.24, 2.45) is 5.41 Å². The third-order valence-corrected chi connectivity index (χ3v) is 4.83. The Morgan fingerprint density at radius 2 is 1.92 bits per heavy atom. The number of rotatable bonds is 4. The van der Waals surface area contributed by atoms with Crippen LogP contribution in [0.5, 0.6) is 11.5 Å². The van der Waals surface area contributed by atoms with Crippen molar-refractivity contribution in [1.82, 2.24) is 5.32 Å². The normalized spacial score (nSPS) is 20.2. The summed E-state index contributed by atoms with van der Waals surface area (Å²) in [5.41, 5.74) is 4.26. The standard InChI is InChI=1S/C22H29NO3/c1-14-10-21(3,4)11-15(2)19(14)23-18(24)13-25-17-9-7-8-16-12-22(5,6)26-20(16)17/h7-10H,11-13H2,1-6H3,(H,23,24). The zero-order valence-corrected chi connectivity index (χ0v) is 16.7. The second kappa shape index (κ2) is 6.49. The third kappa shape index (κ3) is 3.95. The molecule has 0 fully saturated rings. The van der Waals surface area contributed by atoms with Crippen LogP contribution in [0.2, 0.25) is 0 Å². The molecule has 1 heterocycles. The zero-order chi connectivity index (χ0) is 19.1. The van der Waals surface area contributed by atoms with Crippen LogP contribution in [-0.2, 0) is 11.2 Å². The van der Waals surface area contributed by atoms with Gasteiger partial charge in [-0.25, -0.2) is 0 Å². The van der Waals surface area contributed by atoms with Gasteiger partial charge in [0, 0.05) is 17.7 Å². The number of benzene rings is 1. The Hall–Kier alpha value is -2.23. The SMILES string of the molecule is CC1=CC(C)(C)CC(C)=C1NC(=O)COc1cccc2c1OC(C)(C)C2. The summed E-state index contributed by atoms with van der Waals surface area (Å²) >= 11 is 0. The Kier molecular flexibility index (Phi) is 4.63. The van der Waals surface area contributed by atoms with Gasteiger partial charge in [0.25, 0.3) is 5.91 Å². The minimum atomic E-state index is -0.233. The fourth-order valence-corrected chi connectivity index (χ4v) is 4.04. The molecule has 4 nitrogen and oxygen atoms in total. The molecule has 0 spiro atoms. The molecule has 0 saturated heterocycles. The van der Waals surface area contributed by atoms with E-state index in [1.165, 1.54) is 5.57 Å². The molecule has 0 aromatic heterocycles. The van der Waals surface area contributed by atoms with Crippen molar-refractivity contribution in [3.8, 4) is 11.5 Å². The first kappa shape index (κ1) is 18.6. The van der Waals surface area contributed by atoms with Crippen molar-refractivity contribution in [3.05, 3.63) is 46.7 Å². The Morgan fingerprint density at radius 3 is 2.62 bits per heavy atom. The highest BCUT2D eigenvalue weighted by atomic mass is 16.5. The summed E-state index contributed by atoms with van der Waals surface area (Å²) in [6.45, 7) is 12.6. The van der Waals surface area contributed by atoms with Crippen LogP contribution in [0.15, 0.2) is 41.1 Å². The van der Waals surface area contributed by atoms with Gasteiger partial charge in [0.2, 0.25) is 0 Å². The largest absolute Gasteiger partial charge is 0.483 e. The molecule has 1 aromatic carbocycles. The average Bonchev–Trinajstić information content (AvgIpc) is 2.82. The smallest absolute Gasteiger partial charge is 0.262 e. The van der Waals surface area contributed by atoms with Gasteiger partial charge in [0.1, 0.15) is 5.60 Å². The number of hydrogen-bond donors (Lipinski definition) is 1. The van der Waals surface area contributed by atoms with E-state index in [2.05, 4.69) is 46.0 Å². The summed E-state index contributed by atoms with van der Waals surface area (Å²) in [5, 5.41) is 3.02. The quantitative estimate of drug-likeness (QED) is 0.862. The minimum Gasteiger partial charge on any atom is -0.483 e. The predicted octanol–water partition coefficient (Wildman–Crippen LogP) is 4.55. The van der Waals surface area contributed by atoms with Gasteiger partial charge in [0.15, 0.2) is 18.1 Å². The van der Waals surface area contributed by atoms with E-state index >= 15 is 0 Å². The Morgan fingerprint density at radius 1 is 1.19 bits per heavy atom. The van der Waals surface area contributed by atoms with E-state index in [0.717, 1.165) is 35.4 Å². The number of amides is 1. The fourth-order valence-electron chi connectivity index (χ4n) is 4.04. The van der Waals surface area contributed by atoms with Crippen LogP contribution in [-0.4, -0.2) is 18.1 Å². The second-order valence-corrected chi connectivity index (χ2v) is 8.77. The first-order valence-corrected chi connectivity index (χ1v) is 9.19. The summed E-state index contributed by atoms with van der Waals surface area (Å²) < 4.78 is 11.8. The molecule has 1 aromatic rings. The third-order valence-electron chi connectivity index (χ3n) is 4.83. The molecule has 0 unspecified atom stereocenters. The summed E-state index contributed by atoms with van der Waals surface area (Å²) in [5.74, 6) is 1.24. The monoisotopic (exact) mass is 355 g/mol. The number of fused-ring (bicyclic) bond motifs is 1. The highest BCUT2D eigenvalue weighted by Crippen LogP contribution is 2.41. The molecule has 1 aliphatic heterocycles. The van der Waals surface area contributed by atoms with E-state index in [9.17, 15) is 4.79 Å². The van der Waals surface area contributed by atoms with Gasteiger partial charge in [-0.15, -0.1) is 0 Å². The number of para-hydroxylation sites is 1. The lowest BCUT2D eigenvalue weighted by Crippen LogP contribution is -2.32. The summed E-state index contributed by atoms with van der Waals surface area (Å²) in [6.07, 6.45) is 4.00. The fraction of sp³-hybridized carbons (Fsp3) is 0.500. The number of carbonyl (C=O) groups excluding carboxylic acids is 1. The van der Waals surface area contributed by atoms with E-state index < -0.39 is 0 Å². The van der Waals surface area contributed by atoms with Gasteiger partial charge in [-0.1, -0.05) is 32.1 Å². The molecule has 1 amide bonds. The number of nitrogens with one attached hydrogen (secondary N) is 1. The summed E-state index contributed by atoms with van der Waals surface area (Å²) in [7, 11) is 0. The van der Waals surface area contributed by atoms with Gasteiger partial charge in [0.05, 0.1) is 0 Å². The Balaban J connectivity index is 1.65. The van der Waals surface area contributed by atoms with Crippen molar-refractivity contribution >= 4 is 5.91 Å². The van der Waals surface area contributed by atoms with E-state index in [1.807, 2.05) is 25.1 Å². The molecular formula is C22H29NO3. The van der Waals surface area contributed by atoms with Crippen LogP contribution in [0.1, 0.15) is 53.5 Å². The average molecular weight is 355 g/mol. The van der Waals surface area contributed by atoms with E-state index in [1.54, 1.807) is 0 Å². The van der Waals surface area contributed by atoms with Crippen LogP contribution in [0.4, 0.5) is 0 Å². The van der Waals surface area contributed by atoms with Crippen LogP contribution in [0.3, 0.4) is 0 Å². The first-order chi connectivity index (χ1) is 12.1. The molecule has 1 N–H and O–H groups in total. The molecular weight excluding hydrogens is 326 g/mol. The van der Waals surface area contributed by atoms with E-state index in [4.69, 9.17) is 9.47 Å². The zero-order valence-electron chi connectivity index (χ0n) is 16.7. The summed E-state index contributed by atoms with van der Waals surface area (Å²) in [6, 6.07) is 5.84. The lowest BCUT2D eigenvalue weighted by atomic mass is 9.79. The molecule has 0 saturated carbocycles. The second-order valence-electron chi connectivity index (χ2n) is 8.77. The topological polar surface area (TPSA) is 47.6 Å². The minimum absolute atomic E-state index is 0.0340. The van der Waals surface area contributed by atoms with Crippen molar-refractivity contribution in [1.29, 1.82) is 0 Å². The Labute approximate surface area is 156 Å². The molecule has 0 bridgehead atoms. The van der Waals surface area contributed by atoms with Crippen LogP contribution in [0.25, 0.3) is 0 Å². The van der Waals surface area contributed by atoms with E-state index in [0.29, 0.717) is 5.75 Å². The maximum atomic E-state index is 12.4. The highest BCUT2D eigenvalue weighted by molar-refractivity contribution is 5.80. The van der Waals surface area contributed by atoms with Gasteiger partial charge >= 0.3 is 0 Å². The first-order valence-electron chi connectivity index (χ1n) is 9.19. The summed E-state index contributed by atoms with van der Waals surface area (Å²) in [4.78, 5) is 12.4. The lowest BCUT2D eigenvalue weighted by Gasteiger charge is -2.29. The molecule has 0 atom stereocenters. The maximum absolute atomic E-state index is 12.4. The van der Waals surface area contributed by atoms with Crippen LogP contribution >= 0.6 is 0 Å². The van der Waals surface area contributed by atoms with Gasteiger partial charge in [-0.05, 0) is 56.7 Å². The Bertz CT molecular complexity index is 800. The van der Waals surface area contributed by atoms with Gasteiger partial charge in [-0.2, -0.15) is 0 Å². The van der Waals surface area contributed by atoms with Crippen LogP contribution in [0, 0.1) is 5.41 Å². The highest BCUT2D eigenvalue weighted by Gasteiger charge is 2.32. The number of hydrogen-bond acceptors (Lipinski definition) is 3. The number of carbonyl (C=O) groups is 1. The maximum Gasteiger partial charge on any atom is 0.262 e. The molecule has 26 heavy (non-hydrogen) atoms. The molecule has 0 radical (unpaired) electrons. The molecule has 2 aliphatic rings. The lowest BCUT2D eigenvalue weighted by molar-refractivity contribution is -0.122. The van der Waals surface area contributed by atoms with Crippen LogP contribution < -0.4 is 14.8 Å². The van der Waals surface area contributed by atoms with E-state index in [-0.39, 0.29) is 23.5 Å².